The van der Waals surface area contributed by atoms with Gasteiger partial charge in [0.05, 0.1) is 18.9 Å². The standard InChI is InChI=1S/C28H28N6O3/c1-33-16-21(15-31-33)20-13-24(26(29)30-14-20)27(35)32-22-11-12-34(17-22)28(36)19-9-7-18(8-10-19)23-5-3-4-6-25(23)37-2/h3-10,13-16,22H,11-12,17H2,1-2H3,(H2,29,30)(H,32,35)/t22-/m1/s1. The Kier molecular flexibility index (Phi) is 6.59. The molecule has 0 radical (unpaired) electrons. The van der Waals surface area contributed by atoms with E-state index in [0.29, 0.717) is 30.6 Å². The fourth-order valence-electron chi connectivity index (χ4n) is 4.57. The summed E-state index contributed by atoms with van der Waals surface area (Å²) in [5.74, 6) is 0.562. The quantitative estimate of drug-likeness (QED) is 0.423. The van der Waals surface area contributed by atoms with Crippen molar-refractivity contribution in [3.05, 3.63) is 84.3 Å². The molecule has 9 heteroatoms. The molecule has 1 aliphatic heterocycles. The normalized spacial score (nSPS) is 15.0. The molecule has 2 aromatic carbocycles. The van der Waals surface area contributed by atoms with Crippen LogP contribution >= 0.6 is 0 Å². The number of rotatable bonds is 6. The fourth-order valence-corrected chi connectivity index (χ4v) is 4.57. The van der Waals surface area contributed by atoms with Crippen LogP contribution in [0.5, 0.6) is 5.75 Å². The minimum absolute atomic E-state index is 0.0666. The minimum atomic E-state index is -0.309. The second-order valence-electron chi connectivity index (χ2n) is 9.05. The van der Waals surface area contributed by atoms with Crippen LogP contribution in [-0.2, 0) is 7.05 Å². The van der Waals surface area contributed by atoms with Gasteiger partial charge in [0.1, 0.15) is 11.6 Å². The topological polar surface area (TPSA) is 115 Å². The molecule has 0 saturated carbocycles. The van der Waals surface area contributed by atoms with E-state index in [0.717, 1.165) is 28.0 Å². The van der Waals surface area contributed by atoms with Gasteiger partial charge in [0, 0.05) is 60.8 Å². The number of aromatic nitrogens is 3. The number of benzene rings is 2. The van der Waals surface area contributed by atoms with Crippen molar-refractivity contribution in [3.8, 4) is 28.0 Å². The van der Waals surface area contributed by atoms with Crippen LogP contribution in [0.3, 0.4) is 0 Å². The van der Waals surface area contributed by atoms with Crippen LogP contribution in [0.4, 0.5) is 5.82 Å². The lowest BCUT2D eigenvalue weighted by Crippen LogP contribution is -2.38. The highest BCUT2D eigenvalue weighted by Gasteiger charge is 2.29. The third kappa shape index (κ3) is 5.02. The van der Waals surface area contributed by atoms with E-state index in [1.54, 1.807) is 35.2 Å². The predicted molar refractivity (Wildman–Crippen MR) is 141 cm³/mol. The maximum atomic E-state index is 13.1. The van der Waals surface area contributed by atoms with Gasteiger partial charge in [-0.05, 0) is 36.2 Å². The zero-order valence-electron chi connectivity index (χ0n) is 20.7. The number of nitrogens with one attached hydrogen (secondary N) is 1. The number of carbonyl (C=O) groups excluding carboxylic acids is 2. The van der Waals surface area contributed by atoms with Gasteiger partial charge in [0.2, 0.25) is 0 Å². The van der Waals surface area contributed by atoms with E-state index in [2.05, 4.69) is 15.4 Å². The van der Waals surface area contributed by atoms with Gasteiger partial charge in [-0.15, -0.1) is 0 Å². The van der Waals surface area contributed by atoms with Gasteiger partial charge in [-0.1, -0.05) is 30.3 Å². The number of pyridine rings is 1. The van der Waals surface area contributed by atoms with Gasteiger partial charge in [0.25, 0.3) is 11.8 Å². The third-order valence-corrected chi connectivity index (χ3v) is 6.56. The molecule has 0 unspecified atom stereocenters. The SMILES string of the molecule is COc1ccccc1-c1ccc(C(=O)N2CC[C@@H](NC(=O)c3cc(-c4cnn(C)c4)cnc3N)C2)cc1. The lowest BCUT2D eigenvalue weighted by Gasteiger charge is -2.18. The molecule has 9 nitrogen and oxygen atoms in total. The van der Waals surface area contributed by atoms with Crippen molar-refractivity contribution in [3.63, 3.8) is 0 Å². The summed E-state index contributed by atoms with van der Waals surface area (Å²) in [5.41, 5.74) is 10.5. The first-order valence-corrected chi connectivity index (χ1v) is 12.0. The van der Waals surface area contributed by atoms with Crippen molar-refractivity contribution >= 4 is 17.6 Å². The number of hydrogen-bond acceptors (Lipinski definition) is 6. The molecule has 1 saturated heterocycles. The van der Waals surface area contributed by atoms with Gasteiger partial charge in [-0.2, -0.15) is 5.10 Å². The number of nitrogens with two attached hydrogens (primary N) is 1. The average Bonchev–Trinajstić information content (AvgIpc) is 3.57. The van der Waals surface area contributed by atoms with Gasteiger partial charge >= 0.3 is 0 Å². The Bertz CT molecular complexity index is 1450. The number of aryl methyl sites for hydroxylation is 1. The first-order chi connectivity index (χ1) is 17.9. The molecule has 5 rings (SSSR count). The molecule has 188 valence electrons. The number of carbonyl (C=O) groups is 2. The number of hydrogen-bond donors (Lipinski definition) is 2. The van der Waals surface area contributed by atoms with Crippen molar-refractivity contribution in [1.82, 2.24) is 25.0 Å². The summed E-state index contributed by atoms with van der Waals surface area (Å²) in [6.07, 6.45) is 5.83. The zero-order valence-corrected chi connectivity index (χ0v) is 20.7. The minimum Gasteiger partial charge on any atom is -0.496 e. The monoisotopic (exact) mass is 496 g/mol. The van der Waals surface area contributed by atoms with E-state index < -0.39 is 0 Å². The summed E-state index contributed by atoms with van der Waals surface area (Å²) >= 11 is 0. The maximum absolute atomic E-state index is 13.1. The van der Waals surface area contributed by atoms with Crippen molar-refractivity contribution in [1.29, 1.82) is 0 Å². The molecule has 2 amide bonds. The number of amides is 2. The van der Waals surface area contributed by atoms with E-state index in [1.165, 1.54) is 0 Å². The summed E-state index contributed by atoms with van der Waals surface area (Å²) in [7, 11) is 3.46. The zero-order chi connectivity index (χ0) is 25.9. The van der Waals surface area contributed by atoms with E-state index in [-0.39, 0.29) is 23.7 Å². The molecule has 2 aromatic heterocycles. The van der Waals surface area contributed by atoms with E-state index in [1.807, 2.05) is 61.8 Å². The second-order valence-corrected chi connectivity index (χ2v) is 9.05. The van der Waals surface area contributed by atoms with Crippen LogP contribution < -0.4 is 15.8 Å². The largest absolute Gasteiger partial charge is 0.496 e. The molecule has 1 atom stereocenters. The number of para-hydroxylation sites is 1. The molecule has 3 N–H and O–H groups in total. The van der Waals surface area contributed by atoms with Crippen LogP contribution in [0.15, 0.2) is 73.2 Å². The number of nitrogens with zero attached hydrogens (tertiary/aromatic N) is 4. The number of methoxy groups -OCH3 is 1. The highest BCUT2D eigenvalue weighted by molar-refractivity contribution is 6.00. The van der Waals surface area contributed by atoms with Crippen LogP contribution in [0, 0.1) is 0 Å². The van der Waals surface area contributed by atoms with Crippen molar-refractivity contribution in [2.24, 2.45) is 7.05 Å². The lowest BCUT2D eigenvalue weighted by molar-refractivity contribution is 0.0783. The molecule has 37 heavy (non-hydrogen) atoms. The first-order valence-electron chi connectivity index (χ1n) is 12.0. The number of anilines is 1. The predicted octanol–water partition coefficient (Wildman–Crippen LogP) is 3.38. The van der Waals surface area contributed by atoms with Crippen LogP contribution in [-0.4, -0.2) is 57.7 Å². The van der Waals surface area contributed by atoms with Crippen LogP contribution in [0.2, 0.25) is 0 Å². The molecule has 0 bridgehead atoms. The highest BCUT2D eigenvalue weighted by Crippen LogP contribution is 2.30. The van der Waals surface area contributed by atoms with E-state index in [9.17, 15) is 9.59 Å². The van der Waals surface area contributed by atoms with Crippen LogP contribution in [0.25, 0.3) is 22.3 Å². The summed E-state index contributed by atoms with van der Waals surface area (Å²) in [4.78, 5) is 32.1. The second kappa shape index (κ2) is 10.1. The Morgan fingerprint density at radius 1 is 1.05 bits per heavy atom. The van der Waals surface area contributed by atoms with Gasteiger partial charge in [0.15, 0.2) is 0 Å². The summed E-state index contributed by atoms with van der Waals surface area (Å²) in [5, 5.41) is 7.18. The molecule has 3 heterocycles. The molecule has 0 aliphatic carbocycles. The van der Waals surface area contributed by atoms with Crippen molar-refractivity contribution < 1.29 is 14.3 Å². The smallest absolute Gasteiger partial charge is 0.255 e. The van der Waals surface area contributed by atoms with Crippen molar-refractivity contribution in [2.45, 2.75) is 12.5 Å². The van der Waals surface area contributed by atoms with Crippen molar-refractivity contribution in [2.75, 3.05) is 25.9 Å². The molecule has 0 spiro atoms. The molecule has 4 aromatic rings. The Labute approximate surface area is 214 Å². The summed E-state index contributed by atoms with van der Waals surface area (Å²) in [6.45, 7) is 0.982. The van der Waals surface area contributed by atoms with Crippen LogP contribution in [0.1, 0.15) is 27.1 Å². The third-order valence-electron chi connectivity index (χ3n) is 6.56. The fraction of sp³-hybridized carbons (Fsp3) is 0.214. The molecular weight excluding hydrogens is 468 g/mol. The Morgan fingerprint density at radius 2 is 1.84 bits per heavy atom. The van der Waals surface area contributed by atoms with Gasteiger partial charge < -0.3 is 20.7 Å². The Morgan fingerprint density at radius 3 is 2.57 bits per heavy atom. The van der Waals surface area contributed by atoms with Gasteiger partial charge in [-0.25, -0.2) is 4.98 Å². The lowest BCUT2D eigenvalue weighted by atomic mass is 10.0. The van der Waals surface area contributed by atoms with E-state index in [4.69, 9.17) is 10.5 Å². The molecule has 1 aliphatic rings. The number of ether oxygens (including phenoxy) is 1. The Balaban J connectivity index is 1.23. The first kappa shape index (κ1) is 24.1. The van der Waals surface area contributed by atoms with E-state index >= 15 is 0 Å². The Hall–Kier alpha value is -4.66. The van der Waals surface area contributed by atoms with Gasteiger partial charge in [-0.3, -0.25) is 14.3 Å². The maximum Gasteiger partial charge on any atom is 0.255 e. The number of nitrogen functional groups attached to an aromatic ring is 1. The summed E-state index contributed by atoms with van der Waals surface area (Å²) < 4.78 is 7.13. The average molecular weight is 497 g/mol. The number of likely N-dealkylation sites (tertiary alicyclic amines) is 1. The molecular formula is C28H28N6O3. The molecule has 1 fully saturated rings. The summed E-state index contributed by atoms with van der Waals surface area (Å²) in [6, 6.07) is 16.8. The highest BCUT2D eigenvalue weighted by atomic mass is 16.5.